The standard InChI is InChI=1S/C10H13N5O4.2H2O/c11-10-13-8-7(9(18)14-10)12-3-15(8)6-1-4(17)5(2-16)19-6;;/h3-6,16-17H,1-2H2,(H3,11,13,14,18);2*1H2. The van der Waals surface area contributed by atoms with Crippen molar-refractivity contribution in [3.05, 3.63) is 16.7 Å². The Morgan fingerprint density at radius 3 is 2.86 bits per heavy atom. The summed E-state index contributed by atoms with van der Waals surface area (Å²) in [5, 5.41) is 18.8. The second kappa shape index (κ2) is 6.15. The fraction of sp³-hybridized carbons (Fsp3) is 0.500. The number of rotatable bonds is 2. The quantitative estimate of drug-likeness (QED) is 0.444. The highest BCUT2D eigenvalue weighted by Gasteiger charge is 2.35. The van der Waals surface area contributed by atoms with E-state index in [1.165, 1.54) is 10.9 Å². The van der Waals surface area contributed by atoms with E-state index in [4.69, 9.17) is 15.6 Å². The van der Waals surface area contributed by atoms with Crippen molar-refractivity contribution in [1.29, 1.82) is 0 Å². The van der Waals surface area contributed by atoms with Crippen molar-refractivity contribution in [2.75, 3.05) is 12.3 Å². The number of nitrogen functional groups attached to an aromatic ring is 1. The van der Waals surface area contributed by atoms with Crippen LogP contribution in [0.2, 0.25) is 0 Å². The van der Waals surface area contributed by atoms with Gasteiger partial charge in [0, 0.05) is 6.42 Å². The van der Waals surface area contributed by atoms with Gasteiger partial charge in [-0.25, -0.2) is 4.98 Å². The Bertz CT molecular complexity index is 669. The number of hydrogen-bond donors (Lipinski definition) is 4. The lowest BCUT2D eigenvalue weighted by Crippen LogP contribution is -2.24. The topological polar surface area (TPSA) is 202 Å². The molecule has 0 aliphatic carbocycles. The number of aliphatic hydroxyl groups excluding tert-OH is 2. The summed E-state index contributed by atoms with van der Waals surface area (Å²) in [5.41, 5.74) is 5.50. The smallest absolute Gasteiger partial charge is 0.280 e. The molecular formula is C10H17N5O6. The first-order valence-electron chi connectivity index (χ1n) is 5.77. The number of imidazole rings is 1. The summed E-state index contributed by atoms with van der Waals surface area (Å²) < 4.78 is 7.01. The van der Waals surface area contributed by atoms with Crippen molar-refractivity contribution in [2.45, 2.75) is 24.9 Å². The molecule has 0 saturated carbocycles. The van der Waals surface area contributed by atoms with Gasteiger partial charge in [0.25, 0.3) is 5.56 Å². The number of aromatic nitrogens is 4. The zero-order valence-corrected chi connectivity index (χ0v) is 10.9. The Balaban J connectivity index is 0.00000110. The van der Waals surface area contributed by atoms with Crippen molar-refractivity contribution < 1.29 is 25.9 Å². The minimum absolute atomic E-state index is 0. The first kappa shape index (κ1) is 17.0. The van der Waals surface area contributed by atoms with E-state index in [2.05, 4.69) is 15.0 Å². The van der Waals surface area contributed by atoms with Crippen LogP contribution in [0.25, 0.3) is 11.2 Å². The van der Waals surface area contributed by atoms with Gasteiger partial charge in [0.05, 0.1) is 19.0 Å². The number of hydrogen-bond acceptors (Lipinski definition) is 7. The molecule has 0 radical (unpaired) electrons. The Morgan fingerprint density at radius 1 is 1.52 bits per heavy atom. The van der Waals surface area contributed by atoms with Gasteiger partial charge >= 0.3 is 0 Å². The molecule has 3 heterocycles. The molecule has 1 aliphatic heterocycles. The van der Waals surface area contributed by atoms with E-state index in [0.717, 1.165) is 0 Å². The third kappa shape index (κ3) is 2.72. The Kier molecular flexibility index (Phi) is 4.98. The molecule has 0 amide bonds. The highest BCUT2D eigenvalue weighted by Crippen LogP contribution is 2.30. The van der Waals surface area contributed by atoms with Gasteiger partial charge in [0.2, 0.25) is 5.95 Å². The summed E-state index contributed by atoms with van der Waals surface area (Å²) >= 11 is 0. The highest BCUT2D eigenvalue weighted by molar-refractivity contribution is 5.70. The van der Waals surface area contributed by atoms with Gasteiger partial charge in [0.1, 0.15) is 12.3 Å². The van der Waals surface area contributed by atoms with Crippen LogP contribution in [-0.2, 0) is 4.74 Å². The zero-order chi connectivity index (χ0) is 13.6. The van der Waals surface area contributed by atoms with Crippen LogP contribution in [0.1, 0.15) is 12.6 Å². The van der Waals surface area contributed by atoms with Gasteiger partial charge < -0.3 is 31.6 Å². The molecule has 21 heavy (non-hydrogen) atoms. The van der Waals surface area contributed by atoms with Crippen LogP contribution in [0.3, 0.4) is 0 Å². The Hall–Kier alpha value is -2.05. The average molecular weight is 303 g/mol. The van der Waals surface area contributed by atoms with Crippen LogP contribution in [0, 0.1) is 0 Å². The molecule has 0 spiro atoms. The predicted molar refractivity (Wildman–Crippen MR) is 71.4 cm³/mol. The summed E-state index contributed by atoms with van der Waals surface area (Å²) in [6.45, 7) is -0.277. The van der Waals surface area contributed by atoms with Gasteiger partial charge in [-0.3, -0.25) is 14.3 Å². The molecule has 2 aromatic rings. The number of H-pyrrole nitrogens is 1. The fourth-order valence-electron chi connectivity index (χ4n) is 2.20. The molecule has 11 nitrogen and oxygen atoms in total. The maximum atomic E-state index is 11.6. The monoisotopic (exact) mass is 303 g/mol. The minimum Gasteiger partial charge on any atom is -0.412 e. The Morgan fingerprint density at radius 2 is 2.24 bits per heavy atom. The van der Waals surface area contributed by atoms with E-state index in [1.54, 1.807) is 0 Å². The average Bonchev–Trinajstić information content (AvgIpc) is 2.92. The van der Waals surface area contributed by atoms with Crippen molar-refractivity contribution in [3.8, 4) is 0 Å². The van der Waals surface area contributed by atoms with Crippen molar-refractivity contribution in [1.82, 2.24) is 19.5 Å². The van der Waals surface area contributed by atoms with Crippen molar-refractivity contribution >= 4 is 17.1 Å². The Labute approximate surface area is 117 Å². The second-order valence-electron chi connectivity index (χ2n) is 4.39. The maximum Gasteiger partial charge on any atom is 0.280 e. The number of aromatic amines is 1. The van der Waals surface area contributed by atoms with Crippen molar-refractivity contribution in [2.24, 2.45) is 0 Å². The summed E-state index contributed by atoms with van der Waals surface area (Å²) in [7, 11) is 0. The van der Waals surface area contributed by atoms with Crippen LogP contribution in [0.4, 0.5) is 5.95 Å². The molecule has 1 aliphatic rings. The van der Waals surface area contributed by atoms with Crippen molar-refractivity contribution in [3.63, 3.8) is 0 Å². The fourth-order valence-corrected chi connectivity index (χ4v) is 2.20. The molecule has 1 saturated heterocycles. The molecule has 0 bridgehead atoms. The van der Waals surface area contributed by atoms with E-state index in [9.17, 15) is 9.90 Å². The molecular weight excluding hydrogens is 286 g/mol. The van der Waals surface area contributed by atoms with E-state index in [1.807, 2.05) is 0 Å². The number of anilines is 1. The maximum absolute atomic E-state index is 11.6. The van der Waals surface area contributed by atoms with Gasteiger partial charge in [-0.2, -0.15) is 4.98 Å². The predicted octanol–water partition coefficient (Wildman–Crippen LogP) is -3.31. The lowest BCUT2D eigenvalue weighted by Gasteiger charge is -2.13. The second-order valence-corrected chi connectivity index (χ2v) is 4.39. The first-order valence-corrected chi connectivity index (χ1v) is 5.77. The molecule has 9 N–H and O–H groups in total. The molecule has 3 unspecified atom stereocenters. The number of nitrogens with zero attached hydrogens (tertiary/aromatic N) is 3. The van der Waals surface area contributed by atoms with E-state index in [0.29, 0.717) is 0 Å². The van der Waals surface area contributed by atoms with E-state index in [-0.39, 0.29) is 41.1 Å². The molecule has 118 valence electrons. The summed E-state index contributed by atoms with van der Waals surface area (Å²) in [6, 6.07) is 0. The number of ether oxygens (including phenoxy) is 1. The van der Waals surface area contributed by atoms with E-state index >= 15 is 0 Å². The highest BCUT2D eigenvalue weighted by atomic mass is 16.5. The van der Waals surface area contributed by atoms with Crippen LogP contribution < -0.4 is 11.3 Å². The van der Waals surface area contributed by atoms with E-state index < -0.39 is 24.0 Å². The first-order chi connectivity index (χ1) is 9.10. The zero-order valence-electron chi connectivity index (χ0n) is 10.9. The third-order valence-corrected chi connectivity index (χ3v) is 3.15. The molecule has 11 heteroatoms. The van der Waals surface area contributed by atoms with Gasteiger partial charge in [0.15, 0.2) is 11.2 Å². The van der Waals surface area contributed by atoms with Crippen LogP contribution in [0.15, 0.2) is 11.1 Å². The van der Waals surface area contributed by atoms with Crippen LogP contribution in [0.5, 0.6) is 0 Å². The van der Waals surface area contributed by atoms with Crippen LogP contribution in [-0.4, -0.2) is 59.5 Å². The largest absolute Gasteiger partial charge is 0.412 e. The third-order valence-electron chi connectivity index (χ3n) is 3.15. The summed E-state index contributed by atoms with van der Waals surface area (Å²) in [4.78, 5) is 22.0. The summed E-state index contributed by atoms with van der Waals surface area (Å²) in [6.07, 6.45) is -0.270. The molecule has 0 aromatic carbocycles. The normalized spacial score (nSPS) is 24.6. The van der Waals surface area contributed by atoms with Gasteiger partial charge in [-0.05, 0) is 0 Å². The molecule has 2 aromatic heterocycles. The molecule has 3 rings (SSSR count). The lowest BCUT2D eigenvalue weighted by molar-refractivity contribution is -0.0432. The van der Waals surface area contributed by atoms with Crippen LogP contribution >= 0.6 is 0 Å². The molecule has 1 fully saturated rings. The SMILES string of the molecule is Nc1nc2c(ncn2C2CC(O)C(CO)O2)c(=O)[nH]1.O.O. The number of aliphatic hydroxyl groups is 2. The molecule has 3 atom stereocenters. The lowest BCUT2D eigenvalue weighted by atomic mass is 10.2. The van der Waals surface area contributed by atoms with Gasteiger partial charge in [-0.1, -0.05) is 0 Å². The summed E-state index contributed by atoms with van der Waals surface area (Å²) in [5.74, 6) is -0.0171. The van der Waals surface area contributed by atoms with Gasteiger partial charge in [-0.15, -0.1) is 0 Å². The number of nitrogens with two attached hydrogens (primary N) is 1. The number of nitrogens with one attached hydrogen (secondary N) is 1. The number of fused-ring (bicyclic) bond motifs is 1. The minimum atomic E-state index is -0.771.